The fourth-order valence-electron chi connectivity index (χ4n) is 2.87. The summed E-state index contributed by atoms with van der Waals surface area (Å²) in [6.07, 6.45) is 3.60. The van der Waals surface area contributed by atoms with Gasteiger partial charge in [0.25, 0.3) is 5.56 Å². The van der Waals surface area contributed by atoms with Gasteiger partial charge in [0.05, 0.1) is 19.0 Å². The van der Waals surface area contributed by atoms with Crippen LogP contribution in [0.4, 0.5) is 0 Å². The molecule has 2 rings (SSSR count). The van der Waals surface area contributed by atoms with Crippen LogP contribution in [0.3, 0.4) is 0 Å². The highest BCUT2D eigenvalue weighted by Crippen LogP contribution is 2.10. The number of imidazole rings is 1. The van der Waals surface area contributed by atoms with Crippen molar-refractivity contribution in [3.8, 4) is 0 Å². The summed E-state index contributed by atoms with van der Waals surface area (Å²) in [6.45, 7) is 4.98. The molecular formula is C16H26N4O4. The molecule has 0 amide bonds. The molecule has 2 aromatic rings. The number of fused-ring (bicyclic) bond motifs is 1. The maximum absolute atomic E-state index is 12.7. The van der Waals surface area contributed by atoms with E-state index < -0.39 is 6.10 Å². The first-order chi connectivity index (χ1) is 11.5. The molecule has 2 N–H and O–H groups in total. The standard InChI is InChI=1S/C16H26N4O4/c1-3-8-20-15(23)13-14(19(4-2)16(20)24)17-11-18(13)9-6-5-7-12(22)10-21/h11-12,21-22H,3-10H2,1-2H3. The highest BCUT2D eigenvalue weighted by molar-refractivity contribution is 5.70. The quantitative estimate of drug-likeness (QED) is 0.641. The molecular weight excluding hydrogens is 312 g/mol. The molecule has 8 heteroatoms. The number of aromatic nitrogens is 4. The number of hydrogen-bond acceptors (Lipinski definition) is 5. The van der Waals surface area contributed by atoms with Crippen LogP contribution in [0.1, 0.15) is 39.5 Å². The van der Waals surface area contributed by atoms with E-state index in [2.05, 4.69) is 4.98 Å². The third-order valence-corrected chi connectivity index (χ3v) is 4.14. The summed E-state index contributed by atoms with van der Waals surface area (Å²) in [4.78, 5) is 29.4. The first-order valence-electron chi connectivity index (χ1n) is 8.52. The van der Waals surface area contributed by atoms with Crippen molar-refractivity contribution >= 4 is 11.2 Å². The Hall–Kier alpha value is -1.93. The molecule has 0 saturated carbocycles. The van der Waals surface area contributed by atoms with Gasteiger partial charge in [-0.1, -0.05) is 6.92 Å². The Balaban J connectivity index is 2.34. The lowest BCUT2D eigenvalue weighted by atomic mass is 10.1. The van der Waals surface area contributed by atoms with Crippen LogP contribution in [0.15, 0.2) is 15.9 Å². The summed E-state index contributed by atoms with van der Waals surface area (Å²) in [5.74, 6) is 0. The average Bonchev–Trinajstić information content (AvgIpc) is 2.99. The molecule has 0 aromatic carbocycles. The van der Waals surface area contributed by atoms with Gasteiger partial charge in [-0.3, -0.25) is 13.9 Å². The van der Waals surface area contributed by atoms with Crippen molar-refractivity contribution in [2.45, 2.75) is 65.3 Å². The molecule has 0 aliphatic heterocycles. The third-order valence-electron chi connectivity index (χ3n) is 4.14. The number of aryl methyl sites for hydroxylation is 2. The lowest BCUT2D eigenvalue weighted by Gasteiger charge is -2.11. The predicted octanol–water partition coefficient (Wildman–Crippen LogP) is 0.313. The topological polar surface area (TPSA) is 102 Å². The van der Waals surface area contributed by atoms with Crippen LogP contribution < -0.4 is 11.2 Å². The zero-order valence-corrected chi connectivity index (χ0v) is 14.3. The van der Waals surface area contributed by atoms with Crippen LogP contribution in [0.2, 0.25) is 0 Å². The second-order valence-corrected chi connectivity index (χ2v) is 5.93. The number of unbranched alkanes of at least 4 members (excludes halogenated alkanes) is 1. The summed E-state index contributed by atoms with van der Waals surface area (Å²) in [5.41, 5.74) is 0.269. The van der Waals surface area contributed by atoms with E-state index in [4.69, 9.17) is 5.11 Å². The van der Waals surface area contributed by atoms with Gasteiger partial charge in [-0.05, 0) is 32.6 Å². The maximum Gasteiger partial charge on any atom is 0.332 e. The number of aliphatic hydroxyl groups is 2. The highest BCUT2D eigenvalue weighted by atomic mass is 16.3. The molecule has 1 atom stereocenters. The van der Waals surface area contributed by atoms with Crippen molar-refractivity contribution in [3.63, 3.8) is 0 Å². The average molecular weight is 338 g/mol. The Morgan fingerprint density at radius 1 is 1.17 bits per heavy atom. The molecule has 0 aliphatic rings. The molecule has 0 bridgehead atoms. The Bertz CT molecular complexity index is 790. The minimum Gasteiger partial charge on any atom is -0.394 e. The normalized spacial score (nSPS) is 12.8. The minimum atomic E-state index is -0.698. The number of rotatable bonds is 9. The first-order valence-corrected chi connectivity index (χ1v) is 8.52. The second kappa shape index (κ2) is 8.25. The zero-order chi connectivity index (χ0) is 17.7. The molecule has 0 fully saturated rings. The van der Waals surface area contributed by atoms with E-state index >= 15 is 0 Å². The summed E-state index contributed by atoms with van der Waals surface area (Å²) in [7, 11) is 0. The predicted molar refractivity (Wildman–Crippen MR) is 91.2 cm³/mol. The Morgan fingerprint density at radius 2 is 1.92 bits per heavy atom. The van der Waals surface area contributed by atoms with Crippen molar-refractivity contribution in [1.29, 1.82) is 0 Å². The fraction of sp³-hybridized carbons (Fsp3) is 0.688. The van der Waals surface area contributed by atoms with Crippen molar-refractivity contribution in [3.05, 3.63) is 27.2 Å². The molecule has 24 heavy (non-hydrogen) atoms. The lowest BCUT2D eigenvalue weighted by Crippen LogP contribution is -2.40. The van der Waals surface area contributed by atoms with Gasteiger partial charge in [0.2, 0.25) is 0 Å². The van der Waals surface area contributed by atoms with E-state index in [-0.39, 0.29) is 17.9 Å². The molecule has 134 valence electrons. The van der Waals surface area contributed by atoms with E-state index in [9.17, 15) is 14.7 Å². The van der Waals surface area contributed by atoms with E-state index in [1.54, 1.807) is 10.9 Å². The monoisotopic (exact) mass is 338 g/mol. The largest absolute Gasteiger partial charge is 0.394 e. The van der Waals surface area contributed by atoms with Crippen molar-refractivity contribution < 1.29 is 10.2 Å². The molecule has 0 spiro atoms. The van der Waals surface area contributed by atoms with Crippen LogP contribution in [0.5, 0.6) is 0 Å². The summed E-state index contributed by atoms with van der Waals surface area (Å²) in [6, 6.07) is 0. The van der Waals surface area contributed by atoms with E-state index in [0.29, 0.717) is 43.6 Å². The van der Waals surface area contributed by atoms with Gasteiger partial charge in [-0.25, -0.2) is 9.78 Å². The van der Waals surface area contributed by atoms with Crippen molar-refractivity contribution in [2.75, 3.05) is 6.61 Å². The molecule has 0 saturated heterocycles. The van der Waals surface area contributed by atoms with Gasteiger partial charge in [-0.2, -0.15) is 0 Å². The van der Waals surface area contributed by atoms with E-state index in [1.165, 1.54) is 9.13 Å². The molecule has 8 nitrogen and oxygen atoms in total. The lowest BCUT2D eigenvalue weighted by molar-refractivity contribution is 0.0859. The Kier molecular flexibility index (Phi) is 6.33. The second-order valence-electron chi connectivity index (χ2n) is 5.93. The minimum absolute atomic E-state index is 0.238. The van der Waals surface area contributed by atoms with Crippen LogP contribution in [-0.4, -0.2) is 41.6 Å². The summed E-state index contributed by atoms with van der Waals surface area (Å²) >= 11 is 0. The van der Waals surface area contributed by atoms with Crippen LogP contribution in [0, 0.1) is 0 Å². The number of nitrogens with zero attached hydrogens (tertiary/aromatic N) is 4. The van der Waals surface area contributed by atoms with Gasteiger partial charge in [0.1, 0.15) is 0 Å². The SMILES string of the molecule is CCCn1c(=O)c2c(ncn2CCCCC(O)CO)n(CC)c1=O. The fourth-order valence-corrected chi connectivity index (χ4v) is 2.87. The molecule has 1 unspecified atom stereocenters. The van der Waals surface area contributed by atoms with Crippen LogP contribution in [0.25, 0.3) is 11.2 Å². The van der Waals surface area contributed by atoms with Gasteiger partial charge >= 0.3 is 5.69 Å². The highest BCUT2D eigenvalue weighted by Gasteiger charge is 2.16. The number of aliphatic hydroxyl groups excluding tert-OH is 2. The third kappa shape index (κ3) is 3.59. The summed E-state index contributed by atoms with van der Waals surface area (Å²) in [5, 5.41) is 18.2. The summed E-state index contributed by atoms with van der Waals surface area (Å²) < 4.78 is 4.58. The molecule has 0 aliphatic carbocycles. The van der Waals surface area contributed by atoms with Gasteiger partial charge in [0, 0.05) is 19.6 Å². The van der Waals surface area contributed by atoms with Crippen molar-refractivity contribution in [1.82, 2.24) is 18.7 Å². The molecule has 0 radical (unpaired) electrons. The van der Waals surface area contributed by atoms with Gasteiger partial charge in [0.15, 0.2) is 11.2 Å². The van der Waals surface area contributed by atoms with Crippen molar-refractivity contribution in [2.24, 2.45) is 0 Å². The number of hydrogen-bond donors (Lipinski definition) is 2. The molecule has 2 aromatic heterocycles. The maximum atomic E-state index is 12.7. The smallest absolute Gasteiger partial charge is 0.332 e. The molecule has 2 heterocycles. The Labute approximate surface area is 140 Å². The first kappa shape index (κ1) is 18.4. The van der Waals surface area contributed by atoms with Gasteiger partial charge in [-0.15, -0.1) is 0 Å². The van der Waals surface area contributed by atoms with Crippen LogP contribution in [-0.2, 0) is 19.6 Å². The van der Waals surface area contributed by atoms with E-state index in [1.807, 2.05) is 13.8 Å². The zero-order valence-electron chi connectivity index (χ0n) is 14.3. The Morgan fingerprint density at radius 3 is 2.54 bits per heavy atom. The van der Waals surface area contributed by atoms with Crippen LogP contribution >= 0.6 is 0 Å². The van der Waals surface area contributed by atoms with E-state index in [0.717, 1.165) is 12.8 Å². The van der Waals surface area contributed by atoms with Gasteiger partial charge < -0.3 is 14.8 Å².